The van der Waals surface area contributed by atoms with Crippen LogP contribution in [0.5, 0.6) is 0 Å². The molecule has 19 heavy (non-hydrogen) atoms. The van der Waals surface area contributed by atoms with E-state index in [1.54, 1.807) is 0 Å². The molecule has 0 saturated heterocycles. The summed E-state index contributed by atoms with van der Waals surface area (Å²) < 4.78 is 0. The lowest BCUT2D eigenvalue weighted by Gasteiger charge is -2.07. The number of anilines is 1. The van der Waals surface area contributed by atoms with Crippen LogP contribution in [-0.2, 0) is 6.42 Å². The van der Waals surface area contributed by atoms with Gasteiger partial charge in [0, 0.05) is 6.54 Å². The minimum Gasteiger partial charge on any atom is -0.370 e. The maximum atomic E-state index is 8.94. The molecule has 3 nitrogen and oxygen atoms in total. The Labute approximate surface area is 113 Å². The first-order valence-electron chi connectivity index (χ1n) is 6.36. The molecule has 3 heteroatoms. The number of benzene rings is 1. The molecule has 0 amide bonds. The van der Waals surface area contributed by atoms with Crippen molar-refractivity contribution in [3.8, 4) is 6.07 Å². The smallest absolute Gasteiger partial charge is 0.145 e. The predicted octanol–water partition coefficient (Wildman–Crippen LogP) is 3.22. The van der Waals surface area contributed by atoms with E-state index in [9.17, 15) is 0 Å². The summed E-state index contributed by atoms with van der Waals surface area (Å²) in [7, 11) is 0. The highest BCUT2D eigenvalue weighted by Crippen LogP contribution is 2.10. The van der Waals surface area contributed by atoms with E-state index < -0.39 is 0 Å². The lowest BCUT2D eigenvalue weighted by molar-refractivity contribution is 1.000. The van der Waals surface area contributed by atoms with Gasteiger partial charge in [0.1, 0.15) is 17.6 Å². The van der Waals surface area contributed by atoms with E-state index >= 15 is 0 Å². The number of hydrogen-bond acceptors (Lipinski definition) is 3. The van der Waals surface area contributed by atoms with Crippen LogP contribution in [0.15, 0.2) is 36.4 Å². The number of nitrogens with zero attached hydrogens (tertiary/aromatic N) is 2. The van der Waals surface area contributed by atoms with Gasteiger partial charge in [0.05, 0.1) is 0 Å². The van der Waals surface area contributed by atoms with Crippen molar-refractivity contribution in [3.63, 3.8) is 0 Å². The van der Waals surface area contributed by atoms with Crippen LogP contribution in [0, 0.1) is 25.2 Å². The molecule has 0 radical (unpaired) electrons. The summed E-state index contributed by atoms with van der Waals surface area (Å²) in [6.07, 6.45) is 0.944. The van der Waals surface area contributed by atoms with Gasteiger partial charge in [0.25, 0.3) is 0 Å². The number of pyridine rings is 1. The number of rotatable bonds is 4. The molecular weight excluding hydrogens is 234 g/mol. The van der Waals surface area contributed by atoms with Crippen molar-refractivity contribution in [3.05, 3.63) is 58.8 Å². The van der Waals surface area contributed by atoms with Crippen LogP contribution >= 0.6 is 0 Å². The molecular formula is C16H17N3. The molecule has 0 bridgehead atoms. The average molecular weight is 251 g/mol. The fourth-order valence-electron chi connectivity index (χ4n) is 1.94. The Morgan fingerprint density at radius 1 is 1.21 bits per heavy atom. The van der Waals surface area contributed by atoms with Crippen LogP contribution < -0.4 is 5.32 Å². The highest BCUT2D eigenvalue weighted by atomic mass is 15.0. The zero-order valence-electron chi connectivity index (χ0n) is 11.3. The van der Waals surface area contributed by atoms with Crippen LogP contribution in [0.25, 0.3) is 0 Å². The molecule has 0 saturated carbocycles. The largest absolute Gasteiger partial charge is 0.370 e. The summed E-state index contributed by atoms with van der Waals surface area (Å²) >= 11 is 0. The molecule has 0 atom stereocenters. The predicted molar refractivity (Wildman–Crippen MR) is 77.1 cm³/mol. The normalized spacial score (nSPS) is 9.95. The Balaban J connectivity index is 1.95. The molecule has 2 rings (SSSR count). The molecule has 1 aromatic carbocycles. The van der Waals surface area contributed by atoms with Crippen molar-refractivity contribution >= 4 is 5.82 Å². The van der Waals surface area contributed by atoms with E-state index in [0.29, 0.717) is 5.69 Å². The Hall–Kier alpha value is -2.34. The first kappa shape index (κ1) is 13.1. The summed E-state index contributed by atoms with van der Waals surface area (Å²) in [5.74, 6) is 0.759. The molecule has 1 aromatic heterocycles. The van der Waals surface area contributed by atoms with Crippen LogP contribution in [0.1, 0.15) is 22.4 Å². The van der Waals surface area contributed by atoms with Crippen molar-refractivity contribution < 1.29 is 0 Å². The number of hydrogen-bond donors (Lipinski definition) is 1. The minimum atomic E-state index is 0.487. The number of nitrogens with one attached hydrogen (secondary N) is 1. The number of aromatic nitrogens is 1. The van der Waals surface area contributed by atoms with Crippen molar-refractivity contribution in [2.24, 2.45) is 0 Å². The third kappa shape index (κ3) is 3.56. The fraction of sp³-hybridized carbons (Fsp3) is 0.250. The Morgan fingerprint density at radius 2 is 2.05 bits per heavy atom. The number of aryl methyl sites for hydroxylation is 2. The SMILES string of the molecule is Cc1cccc(CCNc2ccc(C)c(C#N)n2)c1. The van der Waals surface area contributed by atoms with Gasteiger partial charge < -0.3 is 5.32 Å². The highest BCUT2D eigenvalue weighted by molar-refractivity contribution is 5.42. The van der Waals surface area contributed by atoms with Crippen molar-refractivity contribution in [1.29, 1.82) is 5.26 Å². The molecule has 96 valence electrons. The van der Waals surface area contributed by atoms with Gasteiger partial charge in [-0.05, 0) is 37.5 Å². The van der Waals surface area contributed by atoms with Crippen molar-refractivity contribution in [2.45, 2.75) is 20.3 Å². The van der Waals surface area contributed by atoms with Gasteiger partial charge >= 0.3 is 0 Å². The Morgan fingerprint density at radius 3 is 2.79 bits per heavy atom. The summed E-state index contributed by atoms with van der Waals surface area (Å²) in [5.41, 5.74) is 3.98. The van der Waals surface area contributed by atoms with E-state index in [1.807, 2.05) is 19.1 Å². The highest BCUT2D eigenvalue weighted by Gasteiger charge is 2.01. The Kier molecular flexibility index (Phi) is 4.15. The molecule has 0 spiro atoms. The van der Waals surface area contributed by atoms with Crippen molar-refractivity contribution in [1.82, 2.24) is 4.98 Å². The second kappa shape index (κ2) is 6.01. The molecule has 0 unspecified atom stereocenters. The summed E-state index contributed by atoms with van der Waals surface area (Å²) in [5, 5.41) is 12.2. The third-order valence-corrected chi connectivity index (χ3v) is 3.01. The van der Waals surface area contributed by atoms with Crippen LogP contribution in [0.2, 0.25) is 0 Å². The van der Waals surface area contributed by atoms with E-state index in [0.717, 1.165) is 24.3 Å². The third-order valence-electron chi connectivity index (χ3n) is 3.01. The Bertz CT molecular complexity index is 612. The lowest BCUT2D eigenvalue weighted by atomic mass is 10.1. The monoisotopic (exact) mass is 251 g/mol. The zero-order chi connectivity index (χ0) is 13.7. The van der Waals surface area contributed by atoms with Crippen molar-refractivity contribution in [2.75, 3.05) is 11.9 Å². The fourth-order valence-corrected chi connectivity index (χ4v) is 1.94. The quantitative estimate of drug-likeness (QED) is 0.907. The van der Waals surface area contributed by atoms with E-state index in [1.165, 1.54) is 11.1 Å². The number of nitriles is 1. The van der Waals surface area contributed by atoms with Gasteiger partial charge in [-0.15, -0.1) is 0 Å². The lowest BCUT2D eigenvalue weighted by Crippen LogP contribution is -2.07. The van der Waals surface area contributed by atoms with Crippen LogP contribution in [0.3, 0.4) is 0 Å². The van der Waals surface area contributed by atoms with Gasteiger partial charge in [-0.1, -0.05) is 35.9 Å². The van der Waals surface area contributed by atoms with E-state index in [2.05, 4.69) is 47.6 Å². The molecule has 0 aliphatic carbocycles. The molecule has 1 N–H and O–H groups in total. The zero-order valence-corrected chi connectivity index (χ0v) is 11.3. The average Bonchev–Trinajstić information content (AvgIpc) is 2.41. The van der Waals surface area contributed by atoms with Gasteiger partial charge in [0.15, 0.2) is 0 Å². The topological polar surface area (TPSA) is 48.7 Å². The first-order valence-corrected chi connectivity index (χ1v) is 6.36. The summed E-state index contributed by atoms with van der Waals surface area (Å²) in [4.78, 5) is 4.27. The summed E-state index contributed by atoms with van der Waals surface area (Å²) in [6.45, 7) is 4.80. The second-order valence-corrected chi connectivity index (χ2v) is 4.64. The van der Waals surface area contributed by atoms with Gasteiger partial charge in [-0.25, -0.2) is 4.98 Å². The van der Waals surface area contributed by atoms with E-state index in [4.69, 9.17) is 5.26 Å². The van der Waals surface area contributed by atoms with Crippen LogP contribution in [-0.4, -0.2) is 11.5 Å². The van der Waals surface area contributed by atoms with E-state index in [-0.39, 0.29) is 0 Å². The maximum Gasteiger partial charge on any atom is 0.145 e. The molecule has 0 aliphatic rings. The minimum absolute atomic E-state index is 0.487. The molecule has 1 heterocycles. The molecule has 0 aliphatic heterocycles. The standard InChI is InChI=1S/C16H17N3/c1-12-4-3-5-14(10-12)8-9-18-16-7-6-13(2)15(11-17)19-16/h3-7,10H,8-9H2,1-2H3,(H,18,19). The van der Waals surface area contributed by atoms with Gasteiger partial charge in [-0.2, -0.15) is 5.26 Å². The summed E-state index contributed by atoms with van der Waals surface area (Å²) in [6, 6.07) is 14.4. The second-order valence-electron chi connectivity index (χ2n) is 4.64. The first-order chi connectivity index (χ1) is 9.19. The molecule has 2 aromatic rings. The maximum absolute atomic E-state index is 8.94. The van der Waals surface area contributed by atoms with Gasteiger partial charge in [-0.3, -0.25) is 0 Å². The van der Waals surface area contributed by atoms with Gasteiger partial charge in [0.2, 0.25) is 0 Å². The molecule has 0 fully saturated rings. The van der Waals surface area contributed by atoms with Crippen LogP contribution in [0.4, 0.5) is 5.82 Å².